The molecule has 90 valence electrons. The Kier molecular flexibility index (Phi) is 6.36. The standard InChI is InChI=1S/C12H17BrClNO/c1-9(4-5-16)7-15-8-10-2-3-11(14)6-12(10)13/h2-3,6,9,15-16H,4-5,7-8H2,1H3. The van der Waals surface area contributed by atoms with Crippen LogP contribution in [-0.4, -0.2) is 18.3 Å². The smallest absolute Gasteiger partial charge is 0.0434 e. The maximum absolute atomic E-state index is 8.78. The van der Waals surface area contributed by atoms with Gasteiger partial charge >= 0.3 is 0 Å². The van der Waals surface area contributed by atoms with Crippen molar-refractivity contribution in [1.29, 1.82) is 0 Å². The van der Waals surface area contributed by atoms with Crippen LogP contribution in [-0.2, 0) is 6.54 Å². The summed E-state index contributed by atoms with van der Waals surface area (Å²) in [6.45, 7) is 4.11. The summed E-state index contributed by atoms with van der Waals surface area (Å²) in [7, 11) is 0. The predicted octanol–water partition coefficient (Wildman–Crippen LogP) is 3.21. The van der Waals surface area contributed by atoms with Gasteiger partial charge in [0.1, 0.15) is 0 Å². The molecule has 0 amide bonds. The van der Waals surface area contributed by atoms with Crippen LogP contribution in [0.4, 0.5) is 0 Å². The molecule has 1 aromatic rings. The molecule has 1 atom stereocenters. The second kappa shape index (κ2) is 7.28. The average molecular weight is 307 g/mol. The summed E-state index contributed by atoms with van der Waals surface area (Å²) in [6, 6.07) is 5.80. The van der Waals surface area contributed by atoms with Crippen molar-refractivity contribution in [3.05, 3.63) is 33.3 Å². The molecule has 0 heterocycles. The fraction of sp³-hybridized carbons (Fsp3) is 0.500. The number of aliphatic hydroxyl groups is 1. The third-order valence-electron chi connectivity index (χ3n) is 2.45. The van der Waals surface area contributed by atoms with Gasteiger partial charge in [0.05, 0.1) is 0 Å². The fourth-order valence-corrected chi connectivity index (χ4v) is 2.26. The number of hydrogen-bond acceptors (Lipinski definition) is 2. The quantitative estimate of drug-likeness (QED) is 0.846. The Hall–Kier alpha value is -0.0900. The first-order chi connectivity index (χ1) is 7.63. The van der Waals surface area contributed by atoms with Gasteiger partial charge < -0.3 is 10.4 Å². The Balaban J connectivity index is 2.37. The van der Waals surface area contributed by atoms with Gasteiger partial charge in [0, 0.05) is 22.6 Å². The van der Waals surface area contributed by atoms with E-state index in [0.717, 1.165) is 29.0 Å². The minimum absolute atomic E-state index is 0.257. The third kappa shape index (κ3) is 4.83. The lowest BCUT2D eigenvalue weighted by molar-refractivity contribution is 0.260. The van der Waals surface area contributed by atoms with E-state index in [1.54, 1.807) is 0 Å². The van der Waals surface area contributed by atoms with Crippen LogP contribution in [0.1, 0.15) is 18.9 Å². The first-order valence-electron chi connectivity index (χ1n) is 5.39. The minimum Gasteiger partial charge on any atom is -0.396 e. The lowest BCUT2D eigenvalue weighted by Gasteiger charge is -2.12. The Labute approximate surface area is 110 Å². The number of aliphatic hydroxyl groups excluding tert-OH is 1. The number of nitrogens with one attached hydrogen (secondary N) is 1. The molecule has 0 bridgehead atoms. The highest BCUT2D eigenvalue weighted by Crippen LogP contribution is 2.21. The Morgan fingerprint density at radius 1 is 1.50 bits per heavy atom. The zero-order valence-electron chi connectivity index (χ0n) is 9.34. The van der Waals surface area contributed by atoms with Gasteiger partial charge in [-0.1, -0.05) is 40.5 Å². The summed E-state index contributed by atoms with van der Waals surface area (Å²) in [5.41, 5.74) is 1.19. The van der Waals surface area contributed by atoms with Crippen molar-refractivity contribution in [3.63, 3.8) is 0 Å². The predicted molar refractivity (Wildman–Crippen MR) is 71.7 cm³/mol. The van der Waals surface area contributed by atoms with Gasteiger partial charge in [0.2, 0.25) is 0 Å². The first kappa shape index (κ1) is 14.0. The van der Waals surface area contributed by atoms with Gasteiger partial charge in [-0.3, -0.25) is 0 Å². The summed E-state index contributed by atoms with van der Waals surface area (Å²) in [6.07, 6.45) is 0.842. The van der Waals surface area contributed by atoms with Crippen LogP contribution in [0, 0.1) is 5.92 Å². The van der Waals surface area contributed by atoms with E-state index in [1.807, 2.05) is 18.2 Å². The van der Waals surface area contributed by atoms with E-state index in [9.17, 15) is 0 Å². The van der Waals surface area contributed by atoms with Gasteiger partial charge in [-0.05, 0) is 36.6 Å². The van der Waals surface area contributed by atoms with Crippen LogP contribution in [0.5, 0.6) is 0 Å². The van der Waals surface area contributed by atoms with E-state index in [-0.39, 0.29) is 6.61 Å². The van der Waals surface area contributed by atoms with Crippen LogP contribution in [0.15, 0.2) is 22.7 Å². The first-order valence-corrected chi connectivity index (χ1v) is 6.56. The molecule has 0 aliphatic heterocycles. The van der Waals surface area contributed by atoms with Crippen molar-refractivity contribution < 1.29 is 5.11 Å². The molecule has 0 aliphatic rings. The maximum atomic E-state index is 8.78. The molecule has 0 aromatic heterocycles. The SMILES string of the molecule is CC(CCO)CNCc1ccc(Cl)cc1Br. The zero-order valence-corrected chi connectivity index (χ0v) is 11.7. The van der Waals surface area contributed by atoms with Gasteiger partial charge in [-0.15, -0.1) is 0 Å². The molecule has 1 aromatic carbocycles. The lowest BCUT2D eigenvalue weighted by atomic mass is 10.1. The number of benzene rings is 1. The van der Waals surface area contributed by atoms with E-state index >= 15 is 0 Å². The molecule has 0 spiro atoms. The highest BCUT2D eigenvalue weighted by Gasteiger charge is 2.03. The number of halogens is 2. The van der Waals surface area contributed by atoms with Crippen molar-refractivity contribution in [3.8, 4) is 0 Å². The molecule has 2 N–H and O–H groups in total. The monoisotopic (exact) mass is 305 g/mol. The second-order valence-electron chi connectivity index (χ2n) is 3.98. The lowest BCUT2D eigenvalue weighted by Crippen LogP contribution is -2.21. The molecule has 1 unspecified atom stereocenters. The van der Waals surface area contributed by atoms with Gasteiger partial charge in [0.15, 0.2) is 0 Å². The Bertz CT molecular complexity index is 333. The van der Waals surface area contributed by atoms with Crippen LogP contribution >= 0.6 is 27.5 Å². The highest BCUT2D eigenvalue weighted by molar-refractivity contribution is 9.10. The average Bonchev–Trinajstić information content (AvgIpc) is 2.22. The summed E-state index contributed by atoms with van der Waals surface area (Å²) < 4.78 is 1.03. The maximum Gasteiger partial charge on any atom is 0.0434 e. The van der Waals surface area contributed by atoms with Gasteiger partial charge in [0.25, 0.3) is 0 Å². The minimum atomic E-state index is 0.257. The molecular formula is C12H17BrClNO. The molecule has 0 radical (unpaired) electrons. The van der Waals surface area contributed by atoms with E-state index in [1.165, 1.54) is 5.56 Å². The third-order valence-corrected chi connectivity index (χ3v) is 3.42. The van der Waals surface area contributed by atoms with Crippen LogP contribution in [0.3, 0.4) is 0 Å². The Morgan fingerprint density at radius 2 is 2.25 bits per heavy atom. The van der Waals surface area contributed by atoms with Crippen molar-refractivity contribution >= 4 is 27.5 Å². The van der Waals surface area contributed by atoms with Crippen LogP contribution in [0.25, 0.3) is 0 Å². The van der Waals surface area contributed by atoms with Crippen molar-refractivity contribution in [2.24, 2.45) is 5.92 Å². The Morgan fingerprint density at radius 3 is 2.88 bits per heavy atom. The van der Waals surface area contributed by atoms with Gasteiger partial charge in [-0.25, -0.2) is 0 Å². The van der Waals surface area contributed by atoms with Crippen LogP contribution in [0.2, 0.25) is 5.02 Å². The second-order valence-corrected chi connectivity index (χ2v) is 5.27. The molecule has 0 saturated heterocycles. The van der Waals surface area contributed by atoms with E-state index in [0.29, 0.717) is 5.92 Å². The van der Waals surface area contributed by atoms with Crippen molar-refractivity contribution in [2.75, 3.05) is 13.2 Å². The normalized spacial score (nSPS) is 12.8. The molecule has 0 saturated carbocycles. The molecule has 4 heteroatoms. The summed E-state index contributed by atoms with van der Waals surface area (Å²) in [5, 5.41) is 12.9. The summed E-state index contributed by atoms with van der Waals surface area (Å²) in [5.74, 6) is 0.496. The van der Waals surface area contributed by atoms with Crippen LogP contribution < -0.4 is 5.32 Å². The van der Waals surface area contributed by atoms with E-state index in [2.05, 4.69) is 28.2 Å². The van der Waals surface area contributed by atoms with E-state index < -0.39 is 0 Å². The van der Waals surface area contributed by atoms with Crippen molar-refractivity contribution in [2.45, 2.75) is 19.9 Å². The fourth-order valence-electron chi connectivity index (χ4n) is 1.44. The summed E-state index contributed by atoms with van der Waals surface area (Å²) in [4.78, 5) is 0. The molecule has 0 aliphatic carbocycles. The van der Waals surface area contributed by atoms with Gasteiger partial charge in [-0.2, -0.15) is 0 Å². The summed E-state index contributed by atoms with van der Waals surface area (Å²) >= 11 is 9.35. The molecule has 1 rings (SSSR count). The number of rotatable bonds is 6. The zero-order chi connectivity index (χ0) is 12.0. The highest BCUT2D eigenvalue weighted by atomic mass is 79.9. The molecule has 2 nitrogen and oxygen atoms in total. The molecule has 0 fully saturated rings. The van der Waals surface area contributed by atoms with Crippen molar-refractivity contribution in [1.82, 2.24) is 5.32 Å². The molecular weight excluding hydrogens is 289 g/mol. The topological polar surface area (TPSA) is 32.3 Å². The largest absolute Gasteiger partial charge is 0.396 e. The molecule has 16 heavy (non-hydrogen) atoms. The van der Waals surface area contributed by atoms with E-state index in [4.69, 9.17) is 16.7 Å². The number of hydrogen-bond donors (Lipinski definition) is 2.